The molecule has 11 nitrogen and oxygen atoms in total. The summed E-state index contributed by atoms with van der Waals surface area (Å²) in [6.07, 6.45) is 0.559. The molecule has 0 bridgehead atoms. The smallest absolute Gasteiger partial charge is 0.310 e. The highest BCUT2D eigenvalue weighted by atomic mass is 16.6. The van der Waals surface area contributed by atoms with Crippen LogP contribution in [0.5, 0.6) is 5.75 Å². The summed E-state index contributed by atoms with van der Waals surface area (Å²) >= 11 is 0. The Morgan fingerprint density at radius 1 is 1.00 bits per heavy atom. The van der Waals surface area contributed by atoms with E-state index in [-0.39, 0.29) is 25.9 Å². The topological polar surface area (TPSA) is 146 Å². The number of hydrogen-bond acceptors (Lipinski definition) is 8. The van der Waals surface area contributed by atoms with Gasteiger partial charge in [-0.2, -0.15) is 0 Å². The van der Waals surface area contributed by atoms with Crippen LogP contribution in [-0.4, -0.2) is 78.8 Å². The van der Waals surface area contributed by atoms with Crippen LogP contribution >= 0.6 is 0 Å². The minimum absolute atomic E-state index is 0.160. The van der Waals surface area contributed by atoms with Crippen molar-refractivity contribution in [2.24, 2.45) is 0 Å². The summed E-state index contributed by atoms with van der Waals surface area (Å²) in [5.41, 5.74) is 2.34. The quantitative estimate of drug-likeness (QED) is 0.207. The van der Waals surface area contributed by atoms with Gasteiger partial charge in [0.2, 0.25) is 18.1 Å². The number of rotatable bonds is 10. The van der Waals surface area contributed by atoms with Gasteiger partial charge in [-0.05, 0) is 52.6 Å². The molecule has 224 valence electrons. The first-order valence-corrected chi connectivity index (χ1v) is 14.1. The Hall–Kier alpha value is -4.74. The summed E-state index contributed by atoms with van der Waals surface area (Å²) < 4.78 is 9.90. The Kier molecular flexibility index (Phi) is 9.33. The molecule has 43 heavy (non-hydrogen) atoms. The maximum atomic E-state index is 13.7. The second kappa shape index (κ2) is 13.5. The number of amides is 3. The number of aliphatic hydroxyl groups excluding tert-OH is 1. The van der Waals surface area contributed by atoms with E-state index in [4.69, 9.17) is 9.47 Å². The van der Waals surface area contributed by atoms with Crippen LogP contribution in [0.2, 0.25) is 0 Å². The van der Waals surface area contributed by atoms with Crippen molar-refractivity contribution in [2.45, 2.75) is 37.8 Å². The van der Waals surface area contributed by atoms with E-state index in [2.05, 4.69) is 16.0 Å². The van der Waals surface area contributed by atoms with Crippen LogP contribution in [0, 0.1) is 0 Å². The molecule has 0 saturated carbocycles. The van der Waals surface area contributed by atoms with Gasteiger partial charge in [0, 0.05) is 25.2 Å². The van der Waals surface area contributed by atoms with Gasteiger partial charge in [-0.1, -0.05) is 48.5 Å². The van der Waals surface area contributed by atoms with Gasteiger partial charge in [-0.15, -0.1) is 0 Å². The molecule has 1 saturated heterocycles. The predicted octanol–water partition coefficient (Wildman–Crippen LogP) is 1.65. The fraction of sp³-hybridized carbons (Fsp3) is 0.312. The number of nitrogens with one attached hydrogen (secondary N) is 3. The molecule has 11 heteroatoms. The van der Waals surface area contributed by atoms with Gasteiger partial charge < -0.3 is 35.4 Å². The molecule has 3 aromatic carbocycles. The lowest BCUT2D eigenvalue weighted by atomic mass is 10.1. The Bertz CT molecular complexity index is 1540. The number of carbonyl (C=O) groups is 4. The average Bonchev–Trinajstić information content (AvgIpc) is 3.25. The Morgan fingerprint density at radius 2 is 1.77 bits per heavy atom. The first-order valence-electron chi connectivity index (χ1n) is 14.1. The number of nitrogens with zero attached hydrogens (tertiary/aromatic N) is 1. The minimum Gasteiger partial charge on any atom is -0.497 e. The van der Waals surface area contributed by atoms with Crippen molar-refractivity contribution >= 4 is 34.5 Å². The van der Waals surface area contributed by atoms with E-state index in [1.807, 2.05) is 60.7 Å². The third-order valence-electron chi connectivity index (χ3n) is 7.47. The molecule has 2 heterocycles. The van der Waals surface area contributed by atoms with Crippen LogP contribution in [-0.2, 0) is 25.7 Å². The van der Waals surface area contributed by atoms with E-state index >= 15 is 0 Å². The molecule has 3 unspecified atom stereocenters. The van der Waals surface area contributed by atoms with E-state index < -0.39 is 42.1 Å². The SMILES string of the molecule is COc1ccc(CNCC2=CCC(NC(=O)c3ccc4ccccc4c3)C(=O)N(CC(=O)NC3CC(=O)OC3O)C2)cc1. The van der Waals surface area contributed by atoms with Gasteiger partial charge in [-0.25, -0.2) is 0 Å². The molecule has 2 aliphatic rings. The van der Waals surface area contributed by atoms with Crippen LogP contribution in [0.3, 0.4) is 0 Å². The molecule has 3 amide bonds. The molecular weight excluding hydrogens is 552 g/mol. The fourth-order valence-corrected chi connectivity index (χ4v) is 5.15. The first kappa shape index (κ1) is 29.7. The van der Waals surface area contributed by atoms with Gasteiger partial charge in [0.15, 0.2) is 0 Å². The minimum atomic E-state index is -1.44. The fourth-order valence-electron chi connectivity index (χ4n) is 5.15. The molecule has 1 fully saturated rings. The number of hydrogen-bond donors (Lipinski definition) is 4. The first-order chi connectivity index (χ1) is 20.8. The van der Waals surface area contributed by atoms with Crippen LogP contribution < -0.4 is 20.7 Å². The number of cyclic esters (lactones) is 1. The number of fused-ring (bicyclic) bond motifs is 1. The standard InChI is InChI=1S/C32H34N4O7/c1-42-25-11-6-20(7-12-25)16-33-17-21-8-13-26(35-30(39)24-10-9-22-4-2-3-5-23(22)14-24)31(40)36(18-21)19-28(37)34-27-15-29(38)43-32(27)41/h2-12,14,26-27,32-33,41H,13,15-19H2,1H3,(H,34,37)(H,35,39). The van der Waals surface area contributed by atoms with Crippen molar-refractivity contribution in [1.29, 1.82) is 0 Å². The number of benzene rings is 3. The molecule has 0 radical (unpaired) electrons. The third kappa shape index (κ3) is 7.56. The largest absolute Gasteiger partial charge is 0.497 e. The lowest BCUT2D eigenvalue weighted by Crippen LogP contribution is -2.52. The van der Waals surface area contributed by atoms with E-state index in [1.165, 1.54) is 4.90 Å². The van der Waals surface area contributed by atoms with Crippen molar-refractivity contribution in [3.8, 4) is 5.75 Å². The van der Waals surface area contributed by atoms with E-state index in [0.717, 1.165) is 27.7 Å². The van der Waals surface area contributed by atoms with E-state index in [1.54, 1.807) is 19.2 Å². The molecule has 0 aliphatic carbocycles. The normalized spacial score (nSPS) is 20.3. The number of carbonyl (C=O) groups excluding carboxylic acids is 4. The molecule has 0 aromatic heterocycles. The van der Waals surface area contributed by atoms with E-state index in [9.17, 15) is 24.3 Å². The molecule has 0 spiro atoms. The summed E-state index contributed by atoms with van der Waals surface area (Å²) in [5, 5.41) is 20.6. The van der Waals surface area contributed by atoms with Crippen molar-refractivity contribution < 1.29 is 33.8 Å². The Balaban J connectivity index is 1.28. The van der Waals surface area contributed by atoms with Crippen molar-refractivity contribution in [1.82, 2.24) is 20.9 Å². The number of esters is 1. The molecule has 4 N–H and O–H groups in total. The zero-order valence-electron chi connectivity index (χ0n) is 23.7. The van der Waals surface area contributed by atoms with Gasteiger partial charge in [-0.3, -0.25) is 19.2 Å². The van der Waals surface area contributed by atoms with Crippen molar-refractivity contribution in [3.63, 3.8) is 0 Å². The zero-order valence-corrected chi connectivity index (χ0v) is 23.7. The second-order valence-electron chi connectivity index (χ2n) is 10.6. The predicted molar refractivity (Wildman–Crippen MR) is 158 cm³/mol. The number of ether oxygens (including phenoxy) is 2. The van der Waals surface area contributed by atoms with Crippen molar-refractivity contribution in [2.75, 3.05) is 26.7 Å². The van der Waals surface area contributed by atoms with Crippen LogP contribution in [0.25, 0.3) is 10.8 Å². The van der Waals surface area contributed by atoms with Crippen LogP contribution in [0.1, 0.15) is 28.8 Å². The monoisotopic (exact) mass is 586 g/mol. The van der Waals surface area contributed by atoms with E-state index in [0.29, 0.717) is 18.7 Å². The average molecular weight is 587 g/mol. The van der Waals surface area contributed by atoms with Gasteiger partial charge in [0.25, 0.3) is 5.91 Å². The second-order valence-corrected chi connectivity index (χ2v) is 10.6. The Labute approximate surface area is 248 Å². The lowest BCUT2D eigenvalue weighted by Gasteiger charge is -2.26. The molecule has 5 rings (SSSR count). The van der Waals surface area contributed by atoms with Crippen molar-refractivity contribution in [3.05, 3.63) is 89.5 Å². The maximum Gasteiger partial charge on any atom is 0.310 e. The highest BCUT2D eigenvalue weighted by Crippen LogP contribution is 2.18. The zero-order chi connectivity index (χ0) is 30.3. The highest BCUT2D eigenvalue weighted by molar-refractivity contribution is 6.01. The number of methoxy groups -OCH3 is 1. The summed E-state index contributed by atoms with van der Waals surface area (Å²) in [5.74, 6) is -1.21. The highest BCUT2D eigenvalue weighted by Gasteiger charge is 2.36. The summed E-state index contributed by atoms with van der Waals surface area (Å²) in [4.78, 5) is 52.6. The lowest BCUT2D eigenvalue weighted by molar-refractivity contribution is -0.155. The number of aliphatic hydroxyl groups is 1. The third-order valence-corrected chi connectivity index (χ3v) is 7.47. The summed E-state index contributed by atoms with van der Waals surface area (Å²) in [6.45, 7) is 0.860. The van der Waals surface area contributed by atoms with Crippen LogP contribution in [0.4, 0.5) is 0 Å². The Morgan fingerprint density at radius 3 is 2.49 bits per heavy atom. The van der Waals surface area contributed by atoms with Gasteiger partial charge >= 0.3 is 5.97 Å². The van der Waals surface area contributed by atoms with Gasteiger partial charge in [0.1, 0.15) is 17.8 Å². The molecule has 3 aromatic rings. The van der Waals surface area contributed by atoms with Crippen LogP contribution in [0.15, 0.2) is 78.4 Å². The molecule has 2 aliphatic heterocycles. The summed E-state index contributed by atoms with van der Waals surface area (Å²) in [7, 11) is 1.61. The van der Waals surface area contributed by atoms with Gasteiger partial charge in [0.05, 0.1) is 20.1 Å². The molecular formula is C32H34N4O7. The molecule has 3 atom stereocenters. The summed E-state index contributed by atoms with van der Waals surface area (Å²) in [6, 6.07) is 18.9. The maximum absolute atomic E-state index is 13.7.